The Bertz CT molecular complexity index is 667. The lowest BCUT2D eigenvalue weighted by atomic mass is 10.2. The fourth-order valence-corrected chi connectivity index (χ4v) is 1.77. The highest BCUT2D eigenvalue weighted by Crippen LogP contribution is 2.15. The second kappa shape index (κ2) is 6.12. The summed E-state index contributed by atoms with van der Waals surface area (Å²) in [4.78, 5) is 21.9. The molecule has 0 radical (unpaired) electrons. The molecule has 1 aromatic heterocycles. The summed E-state index contributed by atoms with van der Waals surface area (Å²) >= 11 is 0. The van der Waals surface area contributed by atoms with Gasteiger partial charge in [0.2, 0.25) is 5.91 Å². The Labute approximate surface area is 119 Å². The van der Waals surface area contributed by atoms with Crippen molar-refractivity contribution in [3.05, 3.63) is 57.7 Å². The molecule has 21 heavy (non-hydrogen) atoms. The van der Waals surface area contributed by atoms with Crippen molar-refractivity contribution >= 4 is 11.6 Å². The Hall–Kier alpha value is -2.77. The number of amides is 1. The van der Waals surface area contributed by atoms with Gasteiger partial charge in [0, 0.05) is 6.54 Å². The Morgan fingerprint density at radius 1 is 1.43 bits per heavy atom. The molecule has 1 aromatic carbocycles. The van der Waals surface area contributed by atoms with Crippen LogP contribution in [0.3, 0.4) is 0 Å². The van der Waals surface area contributed by atoms with Crippen LogP contribution < -0.4 is 5.32 Å². The molecule has 2 aromatic rings. The first-order valence-corrected chi connectivity index (χ1v) is 6.15. The lowest BCUT2D eigenvalue weighted by Crippen LogP contribution is -2.27. The predicted molar refractivity (Wildman–Crippen MR) is 71.9 cm³/mol. The third kappa shape index (κ3) is 3.62. The lowest BCUT2D eigenvalue weighted by molar-refractivity contribution is -0.385. The number of nitro groups is 1. The van der Waals surface area contributed by atoms with Crippen LogP contribution >= 0.6 is 0 Å². The van der Waals surface area contributed by atoms with E-state index in [1.54, 1.807) is 12.1 Å². The number of rotatable bonds is 5. The van der Waals surface area contributed by atoms with Gasteiger partial charge in [-0.1, -0.05) is 12.1 Å². The van der Waals surface area contributed by atoms with Crippen LogP contribution in [0.2, 0.25) is 0 Å². The van der Waals surface area contributed by atoms with E-state index < -0.39 is 4.92 Å². The first-order chi connectivity index (χ1) is 9.97. The van der Waals surface area contributed by atoms with Gasteiger partial charge >= 0.3 is 5.69 Å². The maximum Gasteiger partial charge on any atom is 0.309 e. The van der Waals surface area contributed by atoms with Gasteiger partial charge in [-0.25, -0.2) is 4.39 Å². The van der Waals surface area contributed by atoms with Crippen molar-refractivity contribution < 1.29 is 14.1 Å². The summed E-state index contributed by atoms with van der Waals surface area (Å²) in [6.45, 7) is 1.67. The van der Waals surface area contributed by atoms with E-state index in [0.717, 1.165) is 11.8 Å². The number of carbonyl (C=O) groups is 1. The molecule has 7 nitrogen and oxygen atoms in total. The van der Waals surface area contributed by atoms with Crippen LogP contribution in [0.1, 0.15) is 11.3 Å². The van der Waals surface area contributed by atoms with Crippen LogP contribution in [0.4, 0.5) is 10.1 Å². The minimum Gasteiger partial charge on any atom is -0.350 e. The molecule has 0 aliphatic heterocycles. The van der Waals surface area contributed by atoms with E-state index in [4.69, 9.17) is 0 Å². The molecule has 0 bridgehead atoms. The molecule has 1 amide bonds. The number of aromatic nitrogens is 2. The summed E-state index contributed by atoms with van der Waals surface area (Å²) in [5, 5.41) is 17.1. The zero-order valence-electron chi connectivity index (χ0n) is 11.2. The summed E-state index contributed by atoms with van der Waals surface area (Å²) in [7, 11) is 0. The van der Waals surface area contributed by atoms with E-state index in [2.05, 4.69) is 10.4 Å². The van der Waals surface area contributed by atoms with Crippen molar-refractivity contribution in [2.45, 2.75) is 20.0 Å². The number of nitrogens with zero attached hydrogens (tertiary/aromatic N) is 3. The van der Waals surface area contributed by atoms with E-state index in [9.17, 15) is 19.3 Å². The second-order valence-electron chi connectivity index (χ2n) is 4.43. The summed E-state index contributed by atoms with van der Waals surface area (Å²) in [5.74, 6) is -0.676. The Kier molecular flexibility index (Phi) is 4.27. The van der Waals surface area contributed by atoms with Gasteiger partial charge in [-0.15, -0.1) is 0 Å². The van der Waals surface area contributed by atoms with Crippen LogP contribution in [-0.2, 0) is 17.9 Å². The third-order valence-electron chi connectivity index (χ3n) is 2.97. The van der Waals surface area contributed by atoms with Gasteiger partial charge in [0.05, 0.1) is 4.92 Å². The van der Waals surface area contributed by atoms with Crippen molar-refractivity contribution in [1.29, 1.82) is 0 Å². The van der Waals surface area contributed by atoms with Crippen LogP contribution in [0, 0.1) is 22.9 Å². The Balaban J connectivity index is 1.93. The number of benzene rings is 1. The van der Waals surface area contributed by atoms with E-state index in [1.165, 1.54) is 23.7 Å². The minimum atomic E-state index is -0.546. The number of nitrogens with one attached hydrogen (secondary N) is 1. The Morgan fingerprint density at radius 2 is 2.10 bits per heavy atom. The Morgan fingerprint density at radius 3 is 2.67 bits per heavy atom. The van der Waals surface area contributed by atoms with Crippen molar-refractivity contribution in [2.24, 2.45) is 0 Å². The van der Waals surface area contributed by atoms with Crippen LogP contribution in [0.15, 0.2) is 30.5 Å². The summed E-state index contributed by atoms with van der Waals surface area (Å²) in [5.41, 5.74) is 0.950. The fourth-order valence-electron chi connectivity index (χ4n) is 1.77. The van der Waals surface area contributed by atoms with Gasteiger partial charge in [-0.3, -0.25) is 19.6 Å². The third-order valence-corrected chi connectivity index (χ3v) is 2.97. The SMILES string of the molecule is Cc1c([N+](=O)[O-])cnn1CC(=O)NCc1ccc(F)cc1. The highest BCUT2D eigenvalue weighted by atomic mass is 19.1. The number of hydrogen-bond donors (Lipinski definition) is 1. The lowest BCUT2D eigenvalue weighted by Gasteiger charge is -2.06. The molecule has 1 N–H and O–H groups in total. The van der Waals surface area contributed by atoms with Gasteiger partial charge in [-0.05, 0) is 24.6 Å². The van der Waals surface area contributed by atoms with E-state index >= 15 is 0 Å². The molecular weight excluding hydrogens is 279 g/mol. The molecule has 0 atom stereocenters. The molecule has 0 saturated heterocycles. The molecule has 0 saturated carbocycles. The summed E-state index contributed by atoms with van der Waals surface area (Å²) in [6, 6.07) is 5.75. The molecule has 2 rings (SSSR count). The molecule has 110 valence electrons. The first-order valence-electron chi connectivity index (χ1n) is 6.15. The smallest absolute Gasteiger partial charge is 0.309 e. The zero-order valence-corrected chi connectivity index (χ0v) is 11.2. The topological polar surface area (TPSA) is 90.1 Å². The normalized spacial score (nSPS) is 10.4. The van der Waals surface area contributed by atoms with Crippen molar-refractivity contribution in [3.8, 4) is 0 Å². The van der Waals surface area contributed by atoms with Crippen molar-refractivity contribution in [1.82, 2.24) is 15.1 Å². The van der Waals surface area contributed by atoms with E-state index in [-0.39, 0.29) is 30.5 Å². The van der Waals surface area contributed by atoms with Crippen LogP contribution in [0.25, 0.3) is 0 Å². The molecule has 0 fully saturated rings. The molecule has 8 heteroatoms. The maximum absolute atomic E-state index is 12.7. The van der Waals surface area contributed by atoms with Crippen LogP contribution in [0.5, 0.6) is 0 Å². The minimum absolute atomic E-state index is 0.110. The molecule has 1 heterocycles. The highest BCUT2D eigenvalue weighted by molar-refractivity contribution is 5.75. The van der Waals surface area contributed by atoms with Gasteiger partial charge < -0.3 is 5.32 Å². The predicted octanol–water partition coefficient (Wildman–Crippen LogP) is 1.56. The molecule has 0 unspecified atom stereocenters. The first kappa shape index (κ1) is 14.6. The van der Waals surface area contributed by atoms with Gasteiger partial charge in [-0.2, -0.15) is 5.10 Å². The van der Waals surface area contributed by atoms with Gasteiger partial charge in [0.1, 0.15) is 24.3 Å². The number of hydrogen-bond acceptors (Lipinski definition) is 4. The standard InChI is InChI=1S/C13H13FN4O3/c1-9-12(18(20)21)7-16-17(9)8-13(19)15-6-10-2-4-11(14)5-3-10/h2-5,7H,6,8H2,1H3,(H,15,19). The molecule has 0 aliphatic carbocycles. The second-order valence-corrected chi connectivity index (χ2v) is 4.43. The average Bonchev–Trinajstić information content (AvgIpc) is 2.80. The largest absolute Gasteiger partial charge is 0.350 e. The van der Waals surface area contributed by atoms with Crippen LogP contribution in [-0.4, -0.2) is 20.6 Å². The van der Waals surface area contributed by atoms with Crippen molar-refractivity contribution in [2.75, 3.05) is 0 Å². The number of carbonyl (C=O) groups excluding carboxylic acids is 1. The van der Waals surface area contributed by atoms with Gasteiger partial charge in [0.15, 0.2) is 0 Å². The highest BCUT2D eigenvalue weighted by Gasteiger charge is 2.17. The monoisotopic (exact) mass is 292 g/mol. The fraction of sp³-hybridized carbons (Fsp3) is 0.231. The number of halogens is 1. The maximum atomic E-state index is 12.7. The average molecular weight is 292 g/mol. The molecule has 0 aliphatic rings. The quantitative estimate of drug-likeness (QED) is 0.668. The van der Waals surface area contributed by atoms with Gasteiger partial charge in [0.25, 0.3) is 0 Å². The molecule has 0 spiro atoms. The van der Waals surface area contributed by atoms with E-state index in [0.29, 0.717) is 5.69 Å². The summed E-state index contributed by atoms with van der Waals surface area (Å²) < 4.78 is 14.0. The van der Waals surface area contributed by atoms with Crippen molar-refractivity contribution in [3.63, 3.8) is 0 Å². The summed E-state index contributed by atoms with van der Waals surface area (Å²) in [6.07, 6.45) is 1.11. The zero-order chi connectivity index (χ0) is 15.4. The van der Waals surface area contributed by atoms with E-state index in [1.807, 2.05) is 0 Å². The molecular formula is C13H13FN4O3.